The zero-order valence-electron chi connectivity index (χ0n) is 12.2. The van der Waals surface area contributed by atoms with Crippen LogP contribution >= 0.6 is 0 Å². The molecule has 21 heavy (non-hydrogen) atoms. The number of rotatable bonds is 4. The minimum Gasteiger partial charge on any atom is -0.469 e. The second kappa shape index (κ2) is 5.87. The Morgan fingerprint density at radius 1 is 1.29 bits per heavy atom. The Kier molecular flexibility index (Phi) is 3.94. The summed E-state index contributed by atoms with van der Waals surface area (Å²) in [5, 5.41) is 3.25. The van der Waals surface area contributed by atoms with E-state index in [4.69, 9.17) is 4.74 Å². The van der Waals surface area contributed by atoms with Crippen LogP contribution in [0.15, 0.2) is 17.2 Å². The highest BCUT2D eigenvalue weighted by atomic mass is 16.5. The molecule has 0 radical (unpaired) electrons. The number of hydrogen-bond donors (Lipinski definition) is 1. The zero-order chi connectivity index (χ0) is 14.8. The van der Waals surface area contributed by atoms with Crippen molar-refractivity contribution in [3.63, 3.8) is 0 Å². The van der Waals surface area contributed by atoms with Crippen molar-refractivity contribution in [1.29, 1.82) is 0 Å². The van der Waals surface area contributed by atoms with Gasteiger partial charge in [0.1, 0.15) is 0 Å². The molecule has 0 aliphatic heterocycles. The molecule has 2 fully saturated rings. The minimum atomic E-state index is -0.123. The quantitative estimate of drug-likeness (QED) is 0.855. The Morgan fingerprint density at radius 3 is 2.62 bits per heavy atom. The van der Waals surface area contributed by atoms with Crippen LogP contribution in [-0.2, 0) is 9.53 Å². The molecule has 1 N–H and O–H groups in total. The van der Waals surface area contributed by atoms with Gasteiger partial charge in [0.15, 0.2) is 5.82 Å². The number of aromatic nitrogens is 2. The van der Waals surface area contributed by atoms with Crippen LogP contribution in [0.1, 0.15) is 44.6 Å². The summed E-state index contributed by atoms with van der Waals surface area (Å²) in [5.41, 5.74) is -0.0323. The molecule has 114 valence electrons. The third-order valence-corrected chi connectivity index (χ3v) is 4.41. The van der Waals surface area contributed by atoms with Crippen LogP contribution in [0.5, 0.6) is 0 Å². The van der Waals surface area contributed by atoms with Crippen molar-refractivity contribution in [2.75, 3.05) is 12.4 Å². The van der Waals surface area contributed by atoms with Crippen LogP contribution in [0.3, 0.4) is 0 Å². The molecule has 2 saturated carbocycles. The van der Waals surface area contributed by atoms with E-state index >= 15 is 0 Å². The monoisotopic (exact) mass is 291 g/mol. The molecule has 0 amide bonds. The molecule has 6 nitrogen and oxygen atoms in total. The van der Waals surface area contributed by atoms with Crippen LogP contribution in [0.4, 0.5) is 5.82 Å². The molecule has 1 aromatic heterocycles. The van der Waals surface area contributed by atoms with Crippen molar-refractivity contribution in [3.8, 4) is 0 Å². The van der Waals surface area contributed by atoms with Gasteiger partial charge in [0, 0.05) is 24.5 Å². The average molecular weight is 291 g/mol. The smallest absolute Gasteiger partial charge is 0.308 e. The molecule has 2 aliphatic rings. The third-order valence-electron chi connectivity index (χ3n) is 4.41. The summed E-state index contributed by atoms with van der Waals surface area (Å²) in [4.78, 5) is 28.0. The van der Waals surface area contributed by atoms with Gasteiger partial charge in [0.2, 0.25) is 0 Å². The predicted octanol–water partition coefficient (Wildman–Crippen LogP) is 1.72. The molecular weight excluding hydrogens is 270 g/mol. The maximum Gasteiger partial charge on any atom is 0.308 e. The molecule has 1 aromatic rings. The number of carbonyl (C=O) groups is 1. The van der Waals surface area contributed by atoms with E-state index in [2.05, 4.69) is 10.3 Å². The van der Waals surface area contributed by atoms with Crippen molar-refractivity contribution < 1.29 is 9.53 Å². The lowest BCUT2D eigenvalue weighted by Crippen LogP contribution is -2.33. The predicted molar refractivity (Wildman–Crippen MR) is 78.2 cm³/mol. The molecule has 1 heterocycles. The van der Waals surface area contributed by atoms with Crippen molar-refractivity contribution in [1.82, 2.24) is 9.55 Å². The van der Waals surface area contributed by atoms with Gasteiger partial charge in [-0.2, -0.15) is 0 Å². The van der Waals surface area contributed by atoms with Gasteiger partial charge in [0.25, 0.3) is 5.56 Å². The van der Waals surface area contributed by atoms with Gasteiger partial charge in [-0.1, -0.05) is 0 Å². The number of methoxy groups -OCH3 is 1. The standard InChI is InChI=1S/C15H21N3O3/c1-21-15(20)10-2-4-11(5-3-10)17-13-14(19)18(9-8-16-13)12-6-7-12/h8-12H,2-7H2,1H3,(H,16,17). The second-order valence-corrected chi connectivity index (χ2v) is 5.94. The lowest BCUT2D eigenvalue weighted by atomic mass is 9.86. The number of esters is 1. The van der Waals surface area contributed by atoms with E-state index in [1.807, 2.05) is 0 Å². The fraction of sp³-hybridized carbons (Fsp3) is 0.667. The van der Waals surface area contributed by atoms with Crippen LogP contribution in [0.25, 0.3) is 0 Å². The van der Waals surface area contributed by atoms with Crippen LogP contribution in [0, 0.1) is 5.92 Å². The largest absolute Gasteiger partial charge is 0.469 e. The molecule has 6 heteroatoms. The fourth-order valence-corrected chi connectivity index (χ4v) is 3.00. The maximum atomic E-state index is 12.3. The first kappa shape index (κ1) is 14.1. The van der Waals surface area contributed by atoms with E-state index in [9.17, 15) is 9.59 Å². The molecule has 0 unspecified atom stereocenters. The topological polar surface area (TPSA) is 73.2 Å². The number of nitrogens with one attached hydrogen (secondary N) is 1. The molecule has 0 bridgehead atoms. The summed E-state index contributed by atoms with van der Waals surface area (Å²) in [6, 6.07) is 0.567. The van der Waals surface area contributed by atoms with E-state index in [0.29, 0.717) is 11.9 Å². The summed E-state index contributed by atoms with van der Waals surface area (Å²) in [5.74, 6) is 0.313. The van der Waals surface area contributed by atoms with Gasteiger partial charge < -0.3 is 14.6 Å². The van der Waals surface area contributed by atoms with Crippen molar-refractivity contribution in [3.05, 3.63) is 22.7 Å². The number of hydrogen-bond acceptors (Lipinski definition) is 5. The SMILES string of the molecule is COC(=O)C1CCC(Nc2nccn(C3CC3)c2=O)CC1. The molecule has 0 atom stereocenters. The Morgan fingerprint density at radius 2 is 2.00 bits per heavy atom. The third kappa shape index (κ3) is 3.09. The van der Waals surface area contributed by atoms with Crippen LogP contribution in [0.2, 0.25) is 0 Å². The highest BCUT2D eigenvalue weighted by Crippen LogP contribution is 2.33. The first-order valence-corrected chi connectivity index (χ1v) is 7.60. The number of nitrogens with zero attached hydrogens (tertiary/aromatic N) is 2. The zero-order valence-corrected chi connectivity index (χ0v) is 12.2. The Balaban J connectivity index is 1.62. The van der Waals surface area contributed by atoms with Crippen molar-refractivity contribution in [2.45, 2.75) is 50.6 Å². The number of carbonyl (C=O) groups excluding carboxylic acids is 1. The van der Waals surface area contributed by atoms with Gasteiger partial charge in [-0.15, -0.1) is 0 Å². The van der Waals surface area contributed by atoms with E-state index < -0.39 is 0 Å². The summed E-state index contributed by atoms with van der Waals surface area (Å²) in [6.07, 6.45) is 8.92. The Bertz CT molecular complexity index is 572. The van der Waals surface area contributed by atoms with Crippen molar-refractivity contribution >= 4 is 11.8 Å². The Labute approximate surface area is 123 Å². The Hall–Kier alpha value is -1.85. The summed E-state index contributed by atoms with van der Waals surface area (Å²) < 4.78 is 6.56. The van der Waals surface area contributed by atoms with Gasteiger partial charge in [-0.25, -0.2) is 4.98 Å². The summed E-state index contributed by atoms with van der Waals surface area (Å²) >= 11 is 0. The van der Waals surface area contributed by atoms with Gasteiger partial charge in [-0.05, 0) is 38.5 Å². The van der Waals surface area contributed by atoms with E-state index in [1.165, 1.54) is 7.11 Å². The van der Waals surface area contributed by atoms with Crippen LogP contribution in [-0.4, -0.2) is 28.7 Å². The summed E-state index contributed by atoms with van der Waals surface area (Å²) in [7, 11) is 1.43. The van der Waals surface area contributed by atoms with E-state index in [-0.39, 0.29) is 23.5 Å². The average Bonchev–Trinajstić information content (AvgIpc) is 3.34. The summed E-state index contributed by atoms with van der Waals surface area (Å²) in [6.45, 7) is 0. The number of anilines is 1. The molecule has 3 rings (SSSR count). The highest BCUT2D eigenvalue weighted by Gasteiger charge is 2.28. The maximum absolute atomic E-state index is 12.3. The first-order valence-electron chi connectivity index (χ1n) is 7.60. The molecular formula is C15H21N3O3. The highest BCUT2D eigenvalue weighted by molar-refractivity contribution is 5.72. The van der Waals surface area contributed by atoms with Crippen molar-refractivity contribution in [2.24, 2.45) is 5.92 Å². The van der Waals surface area contributed by atoms with E-state index in [0.717, 1.165) is 38.5 Å². The second-order valence-electron chi connectivity index (χ2n) is 5.94. The fourth-order valence-electron chi connectivity index (χ4n) is 3.00. The van der Waals surface area contributed by atoms with Gasteiger partial charge in [-0.3, -0.25) is 9.59 Å². The molecule has 0 spiro atoms. The van der Waals surface area contributed by atoms with Gasteiger partial charge >= 0.3 is 5.97 Å². The normalized spacial score (nSPS) is 25.4. The molecule has 0 saturated heterocycles. The lowest BCUT2D eigenvalue weighted by Gasteiger charge is -2.27. The van der Waals surface area contributed by atoms with Crippen LogP contribution < -0.4 is 10.9 Å². The number of ether oxygens (including phenoxy) is 1. The first-order chi connectivity index (χ1) is 10.2. The molecule has 0 aromatic carbocycles. The van der Waals surface area contributed by atoms with E-state index in [1.54, 1.807) is 17.0 Å². The minimum absolute atomic E-state index is 0.0000884. The van der Waals surface area contributed by atoms with Gasteiger partial charge in [0.05, 0.1) is 13.0 Å². The lowest BCUT2D eigenvalue weighted by molar-refractivity contribution is -0.146. The molecule has 2 aliphatic carbocycles.